The van der Waals surface area contributed by atoms with Crippen molar-refractivity contribution in [3.05, 3.63) is 47.5 Å². The highest BCUT2D eigenvalue weighted by atomic mass is 16.6. The molecule has 0 saturated carbocycles. The number of carboxylic acids is 1. The molecule has 12 nitrogen and oxygen atoms in total. The van der Waals surface area contributed by atoms with Crippen molar-refractivity contribution in [2.24, 2.45) is 0 Å². The van der Waals surface area contributed by atoms with Gasteiger partial charge in [0.1, 0.15) is 17.7 Å². The summed E-state index contributed by atoms with van der Waals surface area (Å²) in [5.41, 5.74) is 8.06. The molecule has 4 rings (SSSR count). The fourth-order valence-electron chi connectivity index (χ4n) is 3.70. The third kappa shape index (κ3) is 5.07. The van der Waals surface area contributed by atoms with Gasteiger partial charge in [0.25, 0.3) is 5.91 Å². The number of rotatable bonds is 6. The number of nitrogen functional groups attached to an aromatic ring is 1. The maximum atomic E-state index is 12.2. The molecule has 182 valence electrons. The Kier molecular flexibility index (Phi) is 6.92. The van der Waals surface area contributed by atoms with Crippen LogP contribution in [0, 0.1) is 11.8 Å². The van der Waals surface area contributed by atoms with Gasteiger partial charge in [-0.25, -0.2) is 15.0 Å². The SMILES string of the molecule is CCNC(=O)[C@@H]1O[C@H](n2cnc3c(N)nc(C#Cc4ccc(CCC(=O)O)cc4)nc32)[C@@H](O)[C@@H]1O. The largest absolute Gasteiger partial charge is 0.481 e. The number of nitrogens with one attached hydrogen (secondary N) is 1. The number of nitrogens with zero attached hydrogens (tertiary/aromatic N) is 4. The minimum absolute atomic E-state index is 0.0479. The first-order valence-electron chi connectivity index (χ1n) is 10.9. The van der Waals surface area contributed by atoms with Crippen molar-refractivity contribution in [1.82, 2.24) is 24.8 Å². The van der Waals surface area contributed by atoms with Crippen molar-refractivity contribution < 1.29 is 29.6 Å². The Morgan fingerprint density at radius 2 is 1.91 bits per heavy atom. The molecular weight excluding hydrogens is 456 g/mol. The third-order valence-electron chi connectivity index (χ3n) is 5.47. The highest BCUT2D eigenvalue weighted by Gasteiger charge is 2.47. The molecule has 4 atom stereocenters. The minimum atomic E-state index is -1.44. The normalized spacial score (nSPS) is 21.5. The lowest BCUT2D eigenvalue weighted by Crippen LogP contribution is -2.42. The zero-order valence-corrected chi connectivity index (χ0v) is 18.8. The van der Waals surface area contributed by atoms with E-state index in [9.17, 15) is 19.8 Å². The monoisotopic (exact) mass is 480 g/mol. The summed E-state index contributed by atoms with van der Waals surface area (Å²) in [6, 6.07) is 7.13. The fraction of sp³-hybridized carbons (Fsp3) is 0.348. The van der Waals surface area contributed by atoms with E-state index in [0.717, 1.165) is 5.56 Å². The molecular formula is C23H24N6O6. The van der Waals surface area contributed by atoms with Gasteiger partial charge in [0.2, 0.25) is 5.82 Å². The van der Waals surface area contributed by atoms with Crippen LogP contribution in [0.5, 0.6) is 0 Å². The second kappa shape index (κ2) is 10.1. The maximum absolute atomic E-state index is 12.2. The van der Waals surface area contributed by atoms with E-state index < -0.39 is 36.4 Å². The van der Waals surface area contributed by atoms with Crippen molar-refractivity contribution in [2.45, 2.75) is 44.3 Å². The summed E-state index contributed by atoms with van der Waals surface area (Å²) in [6.45, 7) is 2.07. The quantitative estimate of drug-likeness (QED) is 0.290. The highest BCUT2D eigenvalue weighted by Crippen LogP contribution is 2.32. The molecule has 12 heteroatoms. The van der Waals surface area contributed by atoms with Gasteiger partial charge in [-0.05, 0) is 37.0 Å². The van der Waals surface area contributed by atoms with Gasteiger partial charge in [0.05, 0.1) is 6.33 Å². The van der Waals surface area contributed by atoms with E-state index >= 15 is 0 Å². The number of aliphatic hydroxyl groups excluding tert-OH is 2. The van der Waals surface area contributed by atoms with Crippen LogP contribution in [0.3, 0.4) is 0 Å². The molecule has 35 heavy (non-hydrogen) atoms. The number of hydrogen-bond acceptors (Lipinski definition) is 9. The van der Waals surface area contributed by atoms with Crippen LogP contribution in [0.15, 0.2) is 30.6 Å². The van der Waals surface area contributed by atoms with Gasteiger partial charge in [0.15, 0.2) is 23.8 Å². The van der Waals surface area contributed by atoms with E-state index in [-0.39, 0.29) is 29.2 Å². The molecule has 1 aliphatic heterocycles. The number of carbonyl (C=O) groups excluding carboxylic acids is 1. The average molecular weight is 480 g/mol. The Balaban J connectivity index is 1.59. The zero-order valence-electron chi connectivity index (χ0n) is 18.8. The Hall–Kier alpha value is -4.05. The number of anilines is 1. The number of hydrogen-bond donors (Lipinski definition) is 5. The van der Waals surface area contributed by atoms with E-state index in [1.165, 1.54) is 10.9 Å². The molecule has 2 aromatic heterocycles. The molecule has 1 saturated heterocycles. The molecule has 3 aromatic rings. The second-order valence-corrected chi connectivity index (χ2v) is 7.92. The lowest BCUT2D eigenvalue weighted by molar-refractivity contribution is -0.138. The molecule has 0 spiro atoms. The van der Waals surface area contributed by atoms with E-state index in [1.54, 1.807) is 31.2 Å². The van der Waals surface area contributed by atoms with Crippen LogP contribution in [-0.2, 0) is 20.7 Å². The number of amides is 1. The average Bonchev–Trinajstić information content (AvgIpc) is 3.38. The number of carboxylic acid groups (broad SMARTS) is 1. The molecule has 0 aliphatic carbocycles. The number of aliphatic hydroxyl groups is 2. The number of imidazole rings is 1. The summed E-state index contributed by atoms with van der Waals surface area (Å²) < 4.78 is 7.02. The number of carbonyl (C=O) groups is 2. The molecule has 1 aromatic carbocycles. The van der Waals surface area contributed by atoms with E-state index in [2.05, 4.69) is 32.1 Å². The minimum Gasteiger partial charge on any atom is -0.481 e. The number of nitrogens with two attached hydrogens (primary N) is 1. The summed E-state index contributed by atoms with van der Waals surface area (Å²) in [5.74, 6) is 4.52. The molecule has 0 unspecified atom stereocenters. The lowest BCUT2D eigenvalue weighted by Gasteiger charge is -2.16. The first-order valence-corrected chi connectivity index (χ1v) is 10.9. The number of aliphatic carboxylic acids is 1. The summed E-state index contributed by atoms with van der Waals surface area (Å²) in [4.78, 5) is 35.6. The van der Waals surface area contributed by atoms with Gasteiger partial charge >= 0.3 is 5.97 Å². The van der Waals surface area contributed by atoms with Crippen molar-refractivity contribution >= 4 is 28.9 Å². The van der Waals surface area contributed by atoms with Gasteiger partial charge in [-0.3, -0.25) is 14.2 Å². The summed E-state index contributed by atoms with van der Waals surface area (Å²) >= 11 is 0. The Bertz CT molecular complexity index is 1310. The van der Waals surface area contributed by atoms with Crippen LogP contribution in [0.4, 0.5) is 5.82 Å². The van der Waals surface area contributed by atoms with Crippen LogP contribution >= 0.6 is 0 Å². The van der Waals surface area contributed by atoms with E-state index in [4.69, 9.17) is 15.6 Å². The van der Waals surface area contributed by atoms with Gasteiger partial charge in [-0.1, -0.05) is 18.1 Å². The molecule has 3 heterocycles. The van der Waals surface area contributed by atoms with E-state index in [0.29, 0.717) is 18.5 Å². The smallest absolute Gasteiger partial charge is 0.303 e. The molecule has 6 N–H and O–H groups in total. The predicted molar refractivity (Wildman–Crippen MR) is 123 cm³/mol. The predicted octanol–water partition coefficient (Wildman–Crippen LogP) is -0.419. The number of ether oxygens (including phenoxy) is 1. The molecule has 1 aliphatic rings. The van der Waals surface area contributed by atoms with Crippen LogP contribution in [0.25, 0.3) is 11.2 Å². The zero-order chi connectivity index (χ0) is 25.1. The maximum Gasteiger partial charge on any atom is 0.303 e. The van der Waals surface area contributed by atoms with Crippen LogP contribution < -0.4 is 11.1 Å². The van der Waals surface area contributed by atoms with Crippen molar-refractivity contribution in [2.75, 3.05) is 12.3 Å². The van der Waals surface area contributed by atoms with Gasteiger partial charge in [0, 0.05) is 18.5 Å². The second-order valence-electron chi connectivity index (χ2n) is 7.92. The Morgan fingerprint density at radius 3 is 2.60 bits per heavy atom. The number of fused-ring (bicyclic) bond motifs is 1. The van der Waals surface area contributed by atoms with E-state index in [1.807, 2.05) is 0 Å². The fourth-order valence-corrected chi connectivity index (χ4v) is 3.70. The summed E-state index contributed by atoms with van der Waals surface area (Å²) in [7, 11) is 0. The van der Waals surface area contributed by atoms with Gasteiger partial charge in [-0.2, -0.15) is 0 Å². The molecule has 1 amide bonds. The number of aromatic nitrogens is 4. The molecule has 0 radical (unpaired) electrons. The van der Waals surface area contributed by atoms with Crippen molar-refractivity contribution in [3.63, 3.8) is 0 Å². The highest BCUT2D eigenvalue weighted by molar-refractivity contribution is 5.83. The van der Waals surface area contributed by atoms with Gasteiger partial charge < -0.3 is 31.1 Å². The molecule has 0 bridgehead atoms. The third-order valence-corrected chi connectivity index (χ3v) is 5.47. The number of aryl methyl sites for hydroxylation is 1. The van der Waals surface area contributed by atoms with Crippen LogP contribution in [-0.4, -0.2) is 71.6 Å². The van der Waals surface area contributed by atoms with Gasteiger partial charge in [-0.15, -0.1) is 0 Å². The van der Waals surface area contributed by atoms with Crippen LogP contribution in [0.2, 0.25) is 0 Å². The Morgan fingerprint density at radius 1 is 1.17 bits per heavy atom. The lowest BCUT2D eigenvalue weighted by atomic mass is 10.1. The summed E-state index contributed by atoms with van der Waals surface area (Å²) in [6.07, 6.45) is -3.43. The Labute approximate surface area is 199 Å². The number of likely N-dealkylation sites (N-methyl/N-ethyl adjacent to an activating group) is 1. The summed E-state index contributed by atoms with van der Waals surface area (Å²) in [5, 5.41) is 32.2. The number of benzene rings is 1. The van der Waals surface area contributed by atoms with Crippen LogP contribution in [0.1, 0.15) is 36.5 Å². The molecule has 1 fully saturated rings. The topological polar surface area (TPSA) is 186 Å². The van der Waals surface area contributed by atoms with Crippen molar-refractivity contribution in [1.29, 1.82) is 0 Å². The van der Waals surface area contributed by atoms with Crippen molar-refractivity contribution in [3.8, 4) is 11.8 Å². The first-order chi connectivity index (χ1) is 16.8. The standard InChI is InChI=1S/C23H24N6O6/c1-2-25-22(34)19-17(32)18(33)23(35-19)29-11-26-16-20(24)27-14(28-21(16)29)9-7-12-3-5-13(6-4-12)8-10-15(30)31/h3-6,11,17-19,23,32-33H,2,8,10H2,1H3,(H,25,34)(H,30,31)(H2,24,27,28)/t17-,18-,19+,23-/m0/s1. The first kappa shape index (κ1) is 24.1.